The molecule has 0 radical (unpaired) electrons. The highest BCUT2D eigenvalue weighted by atomic mass is 16.6. The lowest BCUT2D eigenvalue weighted by Crippen LogP contribution is -2.30. The second-order valence-corrected chi connectivity index (χ2v) is 5.81. The van der Waals surface area contributed by atoms with Crippen LogP contribution in [-0.4, -0.2) is 15.9 Å². The zero-order valence-electron chi connectivity index (χ0n) is 12.1. The van der Waals surface area contributed by atoms with E-state index in [4.69, 9.17) is 0 Å². The molecule has 1 N–H and O–H groups in total. The number of para-hydroxylation sites is 1. The molecule has 1 aromatic heterocycles. The quantitative estimate of drug-likeness (QED) is 0.680. The molecule has 0 aliphatic heterocycles. The zero-order valence-corrected chi connectivity index (χ0v) is 12.1. The van der Waals surface area contributed by atoms with Gasteiger partial charge in [-0.2, -0.15) is 0 Å². The molecule has 1 heterocycles. The third-order valence-electron chi connectivity index (χ3n) is 4.39. The largest absolute Gasteiger partial charge is 0.376 e. The van der Waals surface area contributed by atoms with Gasteiger partial charge in [-0.25, -0.2) is 4.98 Å². The molecule has 0 bridgehead atoms. The average molecular weight is 285 g/mol. The third kappa shape index (κ3) is 2.68. The van der Waals surface area contributed by atoms with Crippen LogP contribution in [0.25, 0.3) is 10.9 Å². The van der Waals surface area contributed by atoms with Crippen molar-refractivity contribution in [3.8, 4) is 0 Å². The fourth-order valence-corrected chi connectivity index (χ4v) is 3.14. The Balaban J connectivity index is 2.05. The topological polar surface area (TPSA) is 68.1 Å². The van der Waals surface area contributed by atoms with E-state index in [9.17, 15) is 10.1 Å². The van der Waals surface area contributed by atoms with Crippen LogP contribution in [-0.2, 0) is 0 Å². The van der Waals surface area contributed by atoms with Crippen LogP contribution in [0.3, 0.4) is 0 Å². The minimum Gasteiger partial charge on any atom is -0.376 e. The zero-order chi connectivity index (χ0) is 14.8. The standard InChI is InChI=1S/C16H19N3O2/c1-11-6-2-4-8-13(11)18-16-12-7-3-5-9-14(12)17-10-15(16)19(20)21/h3,5,7,9-11,13H,2,4,6,8H2,1H3,(H,17,18). The summed E-state index contributed by atoms with van der Waals surface area (Å²) in [5.41, 5.74) is 1.46. The lowest BCUT2D eigenvalue weighted by atomic mass is 9.85. The number of aromatic nitrogens is 1. The summed E-state index contributed by atoms with van der Waals surface area (Å²) < 4.78 is 0. The summed E-state index contributed by atoms with van der Waals surface area (Å²) >= 11 is 0. The summed E-state index contributed by atoms with van der Waals surface area (Å²) in [7, 11) is 0. The van der Waals surface area contributed by atoms with E-state index in [1.165, 1.54) is 25.5 Å². The number of nitrogens with one attached hydrogen (secondary N) is 1. The molecule has 3 rings (SSSR count). The van der Waals surface area contributed by atoms with Gasteiger partial charge in [-0.3, -0.25) is 10.1 Å². The number of nitro groups is 1. The van der Waals surface area contributed by atoms with E-state index < -0.39 is 0 Å². The maximum Gasteiger partial charge on any atom is 0.311 e. The molecule has 0 spiro atoms. The van der Waals surface area contributed by atoms with Crippen LogP contribution in [0.2, 0.25) is 0 Å². The number of anilines is 1. The Kier molecular flexibility index (Phi) is 3.73. The van der Waals surface area contributed by atoms with Gasteiger partial charge < -0.3 is 5.32 Å². The van der Waals surface area contributed by atoms with E-state index >= 15 is 0 Å². The highest BCUT2D eigenvalue weighted by Crippen LogP contribution is 2.35. The first-order chi connectivity index (χ1) is 10.2. The Morgan fingerprint density at radius 1 is 1.29 bits per heavy atom. The van der Waals surface area contributed by atoms with Crippen LogP contribution < -0.4 is 5.32 Å². The summed E-state index contributed by atoms with van der Waals surface area (Å²) in [4.78, 5) is 15.2. The molecule has 1 fully saturated rings. The Hall–Kier alpha value is -2.17. The lowest BCUT2D eigenvalue weighted by Gasteiger charge is -2.30. The summed E-state index contributed by atoms with van der Waals surface area (Å²) in [6, 6.07) is 7.86. The van der Waals surface area contributed by atoms with Crippen LogP contribution in [0.4, 0.5) is 11.4 Å². The summed E-state index contributed by atoms with van der Waals surface area (Å²) in [6.07, 6.45) is 6.03. The number of fused-ring (bicyclic) bond motifs is 1. The van der Waals surface area contributed by atoms with Gasteiger partial charge in [0.15, 0.2) is 0 Å². The molecule has 1 aromatic carbocycles. The highest BCUT2D eigenvalue weighted by molar-refractivity contribution is 5.95. The van der Waals surface area contributed by atoms with Gasteiger partial charge in [-0.05, 0) is 24.8 Å². The second-order valence-electron chi connectivity index (χ2n) is 5.81. The van der Waals surface area contributed by atoms with Crippen molar-refractivity contribution in [1.29, 1.82) is 0 Å². The summed E-state index contributed by atoms with van der Waals surface area (Å²) in [6.45, 7) is 2.21. The van der Waals surface area contributed by atoms with Crippen LogP contribution in [0.5, 0.6) is 0 Å². The van der Waals surface area contributed by atoms with E-state index in [1.54, 1.807) is 0 Å². The number of pyridine rings is 1. The summed E-state index contributed by atoms with van der Waals surface area (Å²) in [5, 5.41) is 15.6. The smallest absolute Gasteiger partial charge is 0.311 e. The number of rotatable bonds is 3. The van der Waals surface area contributed by atoms with Crippen LogP contribution >= 0.6 is 0 Å². The predicted molar refractivity (Wildman–Crippen MR) is 83.4 cm³/mol. The normalized spacial score (nSPS) is 22.1. The Labute approximate surface area is 123 Å². The van der Waals surface area contributed by atoms with Gasteiger partial charge in [0, 0.05) is 11.4 Å². The minimum absolute atomic E-state index is 0.0615. The van der Waals surface area contributed by atoms with Gasteiger partial charge in [-0.15, -0.1) is 0 Å². The monoisotopic (exact) mass is 285 g/mol. The maximum atomic E-state index is 11.3. The molecule has 110 valence electrons. The van der Waals surface area contributed by atoms with E-state index in [2.05, 4.69) is 17.2 Å². The van der Waals surface area contributed by atoms with Crippen molar-refractivity contribution >= 4 is 22.3 Å². The number of hydrogen-bond acceptors (Lipinski definition) is 4. The molecule has 0 amide bonds. The van der Waals surface area contributed by atoms with Gasteiger partial charge in [0.2, 0.25) is 0 Å². The molecular weight excluding hydrogens is 266 g/mol. The molecule has 1 saturated carbocycles. The molecule has 0 saturated heterocycles. The predicted octanol–water partition coefficient (Wildman–Crippen LogP) is 4.13. The van der Waals surface area contributed by atoms with E-state index in [0.717, 1.165) is 17.3 Å². The van der Waals surface area contributed by atoms with Gasteiger partial charge in [0.05, 0.1) is 10.4 Å². The number of benzene rings is 1. The lowest BCUT2D eigenvalue weighted by molar-refractivity contribution is -0.384. The Morgan fingerprint density at radius 2 is 2.05 bits per heavy atom. The van der Waals surface area contributed by atoms with Crippen molar-refractivity contribution in [1.82, 2.24) is 4.98 Å². The SMILES string of the molecule is CC1CCCCC1Nc1c([N+](=O)[O-])cnc2ccccc12. The van der Waals surface area contributed by atoms with Gasteiger partial charge in [-0.1, -0.05) is 38.0 Å². The third-order valence-corrected chi connectivity index (χ3v) is 4.39. The molecular formula is C16H19N3O2. The van der Waals surface area contributed by atoms with Crippen LogP contribution in [0.1, 0.15) is 32.6 Å². The second kappa shape index (κ2) is 5.68. The first kappa shape index (κ1) is 13.8. The minimum atomic E-state index is -0.352. The van der Waals surface area contributed by atoms with E-state index in [-0.39, 0.29) is 10.6 Å². The van der Waals surface area contributed by atoms with Crippen molar-refractivity contribution in [2.24, 2.45) is 5.92 Å². The van der Waals surface area contributed by atoms with Crippen molar-refractivity contribution in [3.63, 3.8) is 0 Å². The van der Waals surface area contributed by atoms with Crippen LogP contribution in [0.15, 0.2) is 30.5 Å². The van der Waals surface area contributed by atoms with Gasteiger partial charge in [0.25, 0.3) is 0 Å². The first-order valence-electron chi connectivity index (χ1n) is 7.45. The highest BCUT2D eigenvalue weighted by Gasteiger charge is 2.25. The molecule has 5 nitrogen and oxygen atoms in total. The Morgan fingerprint density at radius 3 is 2.81 bits per heavy atom. The molecule has 1 aliphatic carbocycles. The number of nitrogens with zero attached hydrogens (tertiary/aromatic N) is 2. The molecule has 2 aromatic rings. The molecule has 21 heavy (non-hydrogen) atoms. The molecule has 1 aliphatic rings. The van der Waals surface area contributed by atoms with E-state index in [1.807, 2.05) is 24.3 Å². The van der Waals surface area contributed by atoms with Gasteiger partial charge >= 0.3 is 5.69 Å². The van der Waals surface area contributed by atoms with Crippen molar-refractivity contribution in [2.45, 2.75) is 38.6 Å². The van der Waals surface area contributed by atoms with Crippen LogP contribution in [0, 0.1) is 16.0 Å². The fourth-order valence-electron chi connectivity index (χ4n) is 3.14. The Bertz CT molecular complexity index is 672. The molecule has 2 atom stereocenters. The van der Waals surface area contributed by atoms with Crippen molar-refractivity contribution < 1.29 is 4.92 Å². The van der Waals surface area contributed by atoms with Crippen molar-refractivity contribution in [2.75, 3.05) is 5.32 Å². The van der Waals surface area contributed by atoms with Gasteiger partial charge in [0.1, 0.15) is 11.9 Å². The molecule has 2 unspecified atom stereocenters. The average Bonchev–Trinajstić information content (AvgIpc) is 2.49. The first-order valence-corrected chi connectivity index (χ1v) is 7.45. The molecule has 5 heteroatoms. The number of hydrogen-bond donors (Lipinski definition) is 1. The maximum absolute atomic E-state index is 11.3. The summed E-state index contributed by atoms with van der Waals surface area (Å²) in [5.74, 6) is 0.533. The van der Waals surface area contributed by atoms with Crippen molar-refractivity contribution in [3.05, 3.63) is 40.6 Å². The van der Waals surface area contributed by atoms with E-state index in [0.29, 0.717) is 17.6 Å². The fraction of sp³-hybridized carbons (Fsp3) is 0.438.